The van der Waals surface area contributed by atoms with Crippen molar-refractivity contribution in [3.05, 3.63) is 182 Å². The number of ether oxygens (including phenoxy) is 4. The van der Waals surface area contributed by atoms with Gasteiger partial charge in [0.05, 0.1) is 34.4 Å². The highest BCUT2D eigenvalue weighted by Gasteiger charge is 2.25. The van der Waals surface area contributed by atoms with Crippen LogP contribution in [-0.4, -0.2) is 87.4 Å². The van der Waals surface area contributed by atoms with Gasteiger partial charge >= 0.3 is 17.9 Å². The lowest BCUT2D eigenvalue weighted by Crippen LogP contribution is -2.40. The van der Waals surface area contributed by atoms with E-state index >= 15 is 0 Å². The van der Waals surface area contributed by atoms with Crippen molar-refractivity contribution >= 4 is 17.9 Å². The number of likely N-dealkylation sites (N-methyl/N-ethyl adjacent to an activating group) is 1. The molecule has 9 nitrogen and oxygen atoms in total. The second kappa shape index (κ2) is 80.1. The van der Waals surface area contributed by atoms with Crippen LogP contribution in [0.3, 0.4) is 0 Å². The maximum Gasteiger partial charge on any atom is 0.361 e. The van der Waals surface area contributed by atoms with Gasteiger partial charge in [0.1, 0.15) is 13.2 Å². The lowest BCUT2D eigenvalue weighted by molar-refractivity contribution is -0.870. The van der Waals surface area contributed by atoms with Crippen LogP contribution in [0.1, 0.15) is 322 Å². The molecule has 0 amide bonds. The van der Waals surface area contributed by atoms with Crippen molar-refractivity contribution in [2.24, 2.45) is 0 Å². The number of aliphatic carboxylic acids is 1. The van der Waals surface area contributed by atoms with Crippen molar-refractivity contribution in [3.63, 3.8) is 0 Å². The van der Waals surface area contributed by atoms with Crippen LogP contribution in [0.15, 0.2) is 182 Å². The Morgan fingerprint density at radius 3 is 0.792 bits per heavy atom. The molecule has 0 bridgehead atoms. The van der Waals surface area contributed by atoms with Crippen LogP contribution in [0, 0.1) is 0 Å². The second-order valence-corrected chi connectivity index (χ2v) is 28.0. The first-order valence-electron chi connectivity index (χ1n) is 40.9. The van der Waals surface area contributed by atoms with Crippen LogP contribution < -0.4 is 0 Å². The number of hydrogen-bond donors (Lipinski definition) is 1. The maximum atomic E-state index is 13.0. The molecule has 2 unspecified atom stereocenters. The third-order valence-corrected chi connectivity index (χ3v) is 17.2. The van der Waals surface area contributed by atoms with E-state index in [9.17, 15) is 19.5 Å². The van der Waals surface area contributed by atoms with Gasteiger partial charge in [0, 0.05) is 12.8 Å². The zero-order valence-corrected chi connectivity index (χ0v) is 65.5. The van der Waals surface area contributed by atoms with Crippen molar-refractivity contribution in [2.45, 2.75) is 334 Å². The lowest BCUT2D eigenvalue weighted by Gasteiger charge is -2.25. The summed E-state index contributed by atoms with van der Waals surface area (Å²) < 4.78 is 23.0. The smallest absolute Gasteiger partial charge is 0.361 e. The van der Waals surface area contributed by atoms with Crippen LogP contribution >= 0.6 is 0 Å². The Morgan fingerprint density at radius 2 is 0.535 bits per heavy atom. The van der Waals surface area contributed by atoms with Crippen LogP contribution in [-0.2, 0) is 33.3 Å². The first-order chi connectivity index (χ1) is 49.6. The van der Waals surface area contributed by atoms with E-state index in [0.29, 0.717) is 23.9 Å². The lowest BCUT2D eigenvalue weighted by atomic mass is 10.0. The summed E-state index contributed by atoms with van der Waals surface area (Å²) in [5.41, 5.74) is 0. The Labute approximate surface area is 621 Å². The number of carboxylic acids is 1. The molecular formula is C92H152NO8+. The van der Waals surface area contributed by atoms with Gasteiger partial charge in [-0.2, -0.15) is 0 Å². The van der Waals surface area contributed by atoms with Crippen LogP contribution in [0.4, 0.5) is 0 Å². The third-order valence-electron chi connectivity index (χ3n) is 17.2. The SMILES string of the molecule is CC/C=C\C/C=C\C/C=C\C/C=C\C/C=C\C/C=C\C/C=C\C/C=C\C/C=C\C/C=C\CCCCCCCCC(=O)OC(COC(=O)CCCCCCCCCCCCCCCCCCCCCCCCC/C=C\C/C=C\C/C=C\C/C=C\C/C=C\CC)COC(OCC[N+](C)(C)C)C(=O)O. The van der Waals surface area contributed by atoms with Gasteiger partial charge in [0.15, 0.2) is 6.10 Å². The number of carboxylic acid groups (broad SMARTS) is 1. The fraction of sp³-hybridized carbons (Fsp3) is 0.641. The number of carbonyl (C=O) groups excluding carboxylic acids is 2. The van der Waals surface area contributed by atoms with Gasteiger partial charge in [0.2, 0.25) is 0 Å². The van der Waals surface area contributed by atoms with Crippen LogP contribution in [0.25, 0.3) is 0 Å². The number of rotatable bonds is 74. The minimum absolute atomic E-state index is 0.177. The Morgan fingerprint density at radius 1 is 0.297 bits per heavy atom. The van der Waals surface area contributed by atoms with E-state index in [-0.39, 0.29) is 32.2 Å². The second-order valence-electron chi connectivity index (χ2n) is 28.0. The molecule has 101 heavy (non-hydrogen) atoms. The number of unbranched alkanes of at least 4 members (excludes halogenated alkanes) is 29. The summed E-state index contributed by atoms with van der Waals surface area (Å²) in [6.45, 7) is 4.64. The number of esters is 2. The fourth-order valence-electron chi connectivity index (χ4n) is 11.0. The van der Waals surface area contributed by atoms with Crippen molar-refractivity contribution in [3.8, 4) is 0 Å². The summed E-state index contributed by atoms with van der Waals surface area (Å²) in [7, 11) is 5.97. The molecule has 0 saturated carbocycles. The van der Waals surface area contributed by atoms with Gasteiger partial charge in [-0.05, 0) is 135 Å². The van der Waals surface area contributed by atoms with Gasteiger partial charge in [-0.15, -0.1) is 0 Å². The predicted octanol–water partition coefficient (Wildman–Crippen LogP) is 26.7. The highest BCUT2D eigenvalue weighted by molar-refractivity contribution is 5.71. The van der Waals surface area contributed by atoms with Crippen LogP contribution in [0.5, 0.6) is 0 Å². The maximum absolute atomic E-state index is 13.0. The quantitative estimate of drug-likeness (QED) is 0.0211. The molecule has 0 aromatic carbocycles. The average molecular weight is 1400 g/mol. The summed E-state index contributed by atoms with van der Waals surface area (Å²) in [6.07, 6.45) is 119. The molecule has 0 heterocycles. The largest absolute Gasteiger partial charge is 0.477 e. The number of nitrogens with zero attached hydrogens (tertiary/aromatic N) is 1. The molecule has 0 aliphatic rings. The summed E-state index contributed by atoms with van der Waals surface area (Å²) in [5, 5.41) is 9.78. The molecule has 0 fully saturated rings. The number of quaternary nitrogens is 1. The minimum atomic E-state index is -1.53. The predicted molar refractivity (Wildman–Crippen MR) is 437 cm³/mol. The van der Waals surface area contributed by atoms with Crippen molar-refractivity contribution < 1.29 is 42.9 Å². The number of allylic oxidation sites excluding steroid dienone is 30. The molecule has 0 radical (unpaired) electrons. The Balaban J connectivity index is 4.09. The topological polar surface area (TPSA) is 108 Å². The molecule has 0 rings (SSSR count). The van der Waals surface area contributed by atoms with Crippen LogP contribution in [0.2, 0.25) is 0 Å². The number of carbonyl (C=O) groups is 3. The van der Waals surface area contributed by atoms with E-state index in [1.54, 1.807) is 0 Å². The molecule has 1 N–H and O–H groups in total. The molecule has 0 aliphatic heterocycles. The molecule has 0 saturated heterocycles. The van der Waals surface area contributed by atoms with Gasteiger partial charge in [-0.3, -0.25) is 9.59 Å². The zero-order valence-electron chi connectivity index (χ0n) is 65.5. The minimum Gasteiger partial charge on any atom is -0.477 e. The number of hydrogen-bond acceptors (Lipinski definition) is 7. The summed E-state index contributed by atoms with van der Waals surface area (Å²) in [5.74, 6) is -2.03. The van der Waals surface area contributed by atoms with Crippen molar-refractivity contribution in [1.29, 1.82) is 0 Å². The van der Waals surface area contributed by atoms with Gasteiger partial charge < -0.3 is 28.5 Å². The summed E-state index contributed by atoms with van der Waals surface area (Å²) in [4.78, 5) is 37.8. The first kappa shape index (κ1) is 95.4. The monoisotopic (exact) mass is 1400 g/mol. The third kappa shape index (κ3) is 81.6. The molecule has 0 aromatic rings. The molecule has 0 aromatic heterocycles. The Hall–Kier alpha value is -5.61. The van der Waals surface area contributed by atoms with E-state index in [1.807, 2.05) is 21.1 Å². The standard InChI is InChI=1S/C92H151NO8/c1-6-8-10-12-14-16-18-20-22-24-26-28-30-32-34-36-38-40-42-44-45-47-48-50-52-54-56-58-60-62-64-66-68-70-72-74-76-78-80-82-89(94)99-86-88(87-100-92(91(96)97)98-85-84-93(3,4)5)101-90(95)83-81-79-77-75-73-71-69-67-65-63-61-59-57-55-53-51-49-46-43-41-39-37-35-33-31-29-27-25-23-21-19-17-15-13-11-9-7-2/h8-11,14-17,20-23,26-29,32-35,39,41,46,49,53,55,59,61,65,67,88,92H,6-7,12-13,18-19,24-25,30-31,36-38,40,42-45,47-48,50-52,54,56-58,60,62-64,66,68-87H2,1-5H3/p+1/b10-8-,11-9-,16-14-,17-15-,22-20-,23-21-,28-26-,29-27-,34-32-,35-33-,41-39-,49-46-,55-53-,61-59-,67-65-. The Kier molecular flexibility index (Phi) is 75.6. The molecule has 2 atom stereocenters. The molecule has 572 valence electrons. The van der Waals surface area contributed by atoms with E-state index in [2.05, 4.69) is 196 Å². The first-order valence-corrected chi connectivity index (χ1v) is 40.9. The normalized spacial score (nSPS) is 13.6. The summed E-state index contributed by atoms with van der Waals surface area (Å²) in [6, 6.07) is 0. The van der Waals surface area contributed by atoms with Gasteiger partial charge in [0.25, 0.3) is 6.29 Å². The van der Waals surface area contributed by atoms with Crippen molar-refractivity contribution in [2.75, 3.05) is 47.5 Å². The average Bonchev–Trinajstić information content (AvgIpc) is 1.25. The fourth-order valence-corrected chi connectivity index (χ4v) is 11.0. The summed E-state index contributed by atoms with van der Waals surface area (Å²) >= 11 is 0. The molecule has 0 spiro atoms. The highest BCUT2D eigenvalue weighted by atomic mass is 16.7. The van der Waals surface area contributed by atoms with E-state index < -0.39 is 24.3 Å². The molecule has 0 aliphatic carbocycles. The van der Waals surface area contributed by atoms with E-state index in [0.717, 1.165) is 154 Å². The van der Waals surface area contributed by atoms with E-state index in [1.165, 1.54) is 135 Å². The van der Waals surface area contributed by atoms with Crippen molar-refractivity contribution in [1.82, 2.24) is 0 Å². The molecule has 9 heteroatoms. The van der Waals surface area contributed by atoms with E-state index in [4.69, 9.17) is 18.9 Å². The van der Waals surface area contributed by atoms with Gasteiger partial charge in [-0.1, -0.05) is 357 Å². The highest BCUT2D eigenvalue weighted by Crippen LogP contribution is 2.18. The van der Waals surface area contributed by atoms with Gasteiger partial charge in [-0.25, -0.2) is 4.79 Å². The Bertz CT molecular complexity index is 2330. The molecular weight excluding hydrogens is 1250 g/mol. The zero-order chi connectivity index (χ0) is 73.2.